The SMILES string of the molecule is CC1CN(C(=O)CN2CCCC(N)C2)CCO1. The molecule has 2 aliphatic heterocycles. The summed E-state index contributed by atoms with van der Waals surface area (Å²) in [5.41, 5.74) is 5.91. The van der Waals surface area contributed by atoms with Crippen LogP contribution in [0.2, 0.25) is 0 Å². The lowest BCUT2D eigenvalue weighted by Crippen LogP contribution is -2.51. The first-order chi connectivity index (χ1) is 8.15. The van der Waals surface area contributed by atoms with Gasteiger partial charge in [-0.2, -0.15) is 0 Å². The molecular weight excluding hydrogens is 218 g/mol. The zero-order valence-electron chi connectivity index (χ0n) is 10.6. The summed E-state index contributed by atoms with van der Waals surface area (Å²) in [5.74, 6) is 0.217. The Labute approximate surface area is 103 Å². The van der Waals surface area contributed by atoms with E-state index >= 15 is 0 Å². The predicted molar refractivity (Wildman–Crippen MR) is 65.6 cm³/mol. The molecule has 0 spiro atoms. The van der Waals surface area contributed by atoms with Crippen molar-refractivity contribution in [1.29, 1.82) is 0 Å². The van der Waals surface area contributed by atoms with Crippen molar-refractivity contribution in [3.8, 4) is 0 Å². The summed E-state index contributed by atoms with van der Waals surface area (Å²) in [4.78, 5) is 16.2. The smallest absolute Gasteiger partial charge is 0.236 e. The van der Waals surface area contributed by atoms with Gasteiger partial charge >= 0.3 is 0 Å². The Bertz CT molecular complexity index is 272. The van der Waals surface area contributed by atoms with E-state index < -0.39 is 0 Å². The van der Waals surface area contributed by atoms with Crippen molar-refractivity contribution in [3.63, 3.8) is 0 Å². The molecule has 0 aromatic carbocycles. The summed E-state index contributed by atoms with van der Waals surface area (Å²) in [6.45, 7) is 6.48. The van der Waals surface area contributed by atoms with Gasteiger partial charge in [0, 0.05) is 25.7 Å². The van der Waals surface area contributed by atoms with E-state index in [4.69, 9.17) is 10.5 Å². The number of hydrogen-bond donors (Lipinski definition) is 1. The second-order valence-corrected chi connectivity index (χ2v) is 5.16. The number of nitrogens with zero attached hydrogens (tertiary/aromatic N) is 2. The van der Waals surface area contributed by atoms with E-state index in [2.05, 4.69) is 4.90 Å². The molecule has 0 radical (unpaired) electrons. The minimum absolute atomic E-state index is 0.163. The number of likely N-dealkylation sites (tertiary alicyclic amines) is 1. The Kier molecular flexibility index (Phi) is 4.36. The van der Waals surface area contributed by atoms with Crippen LogP contribution in [0.3, 0.4) is 0 Å². The first-order valence-corrected chi connectivity index (χ1v) is 6.52. The third kappa shape index (κ3) is 3.66. The Morgan fingerprint density at radius 1 is 1.41 bits per heavy atom. The molecule has 5 nitrogen and oxygen atoms in total. The van der Waals surface area contributed by atoms with Gasteiger partial charge in [-0.1, -0.05) is 0 Å². The van der Waals surface area contributed by atoms with Crippen LogP contribution < -0.4 is 5.73 Å². The van der Waals surface area contributed by atoms with Crippen LogP contribution in [-0.4, -0.2) is 67.2 Å². The molecule has 17 heavy (non-hydrogen) atoms. The lowest BCUT2D eigenvalue weighted by atomic mass is 10.1. The van der Waals surface area contributed by atoms with Gasteiger partial charge in [0.15, 0.2) is 0 Å². The fourth-order valence-corrected chi connectivity index (χ4v) is 2.57. The zero-order chi connectivity index (χ0) is 12.3. The van der Waals surface area contributed by atoms with Gasteiger partial charge in [0.05, 0.1) is 19.3 Å². The molecule has 0 bridgehead atoms. The molecule has 0 aromatic rings. The van der Waals surface area contributed by atoms with Crippen molar-refractivity contribution >= 4 is 5.91 Å². The number of piperidine rings is 1. The highest BCUT2D eigenvalue weighted by molar-refractivity contribution is 5.78. The third-order valence-corrected chi connectivity index (χ3v) is 3.49. The molecular formula is C12H23N3O2. The zero-order valence-corrected chi connectivity index (χ0v) is 10.6. The highest BCUT2D eigenvalue weighted by atomic mass is 16.5. The molecule has 98 valence electrons. The van der Waals surface area contributed by atoms with Gasteiger partial charge in [-0.25, -0.2) is 0 Å². The topological polar surface area (TPSA) is 58.8 Å². The van der Waals surface area contributed by atoms with Gasteiger partial charge in [-0.05, 0) is 26.3 Å². The van der Waals surface area contributed by atoms with Crippen LogP contribution in [0.15, 0.2) is 0 Å². The molecule has 2 atom stereocenters. The van der Waals surface area contributed by atoms with Gasteiger partial charge in [-0.15, -0.1) is 0 Å². The molecule has 2 saturated heterocycles. The van der Waals surface area contributed by atoms with E-state index in [1.807, 2.05) is 11.8 Å². The second kappa shape index (κ2) is 5.80. The number of hydrogen-bond acceptors (Lipinski definition) is 4. The highest BCUT2D eigenvalue weighted by Gasteiger charge is 2.24. The van der Waals surface area contributed by atoms with Crippen LogP contribution >= 0.6 is 0 Å². The van der Waals surface area contributed by atoms with Gasteiger partial charge < -0.3 is 15.4 Å². The normalized spacial score (nSPS) is 31.5. The lowest BCUT2D eigenvalue weighted by molar-refractivity contribution is -0.139. The fraction of sp³-hybridized carbons (Fsp3) is 0.917. The minimum atomic E-state index is 0.163. The number of carbonyl (C=O) groups is 1. The Morgan fingerprint density at radius 3 is 2.94 bits per heavy atom. The van der Waals surface area contributed by atoms with E-state index in [9.17, 15) is 4.79 Å². The summed E-state index contributed by atoms with van der Waals surface area (Å²) in [6.07, 6.45) is 2.35. The van der Waals surface area contributed by atoms with Crippen LogP contribution in [0.5, 0.6) is 0 Å². The van der Waals surface area contributed by atoms with E-state index in [1.54, 1.807) is 0 Å². The molecule has 2 rings (SSSR count). The monoisotopic (exact) mass is 241 g/mol. The third-order valence-electron chi connectivity index (χ3n) is 3.49. The standard InChI is InChI=1S/C12H23N3O2/c1-10-7-15(5-6-17-10)12(16)9-14-4-2-3-11(13)8-14/h10-11H,2-9,13H2,1H3. The predicted octanol–water partition coefficient (Wildman–Crippen LogP) is -0.343. The van der Waals surface area contributed by atoms with Crippen LogP contribution in [0, 0.1) is 0 Å². The summed E-state index contributed by atoms with van der Waals surface area (Å²) >= 11 is 0. The van der Waals surface area contributed by atoms with Crippen LogP contribution in [0.25, 0.3) is 0 Å². The average Bonchev–Trinajstić information content (AvgIpc) is 2.29. The van der Waals surface area contributed by atoms with Crippen molar-refractivity contribution in [2.45, 2.75) is 31.9 Å². The van der Waals surface area contributed by atoms with Crippen molar-refractivity contribution in [2.24, 2.45) is 5.73 Å². The maximum atomic E-state index is 12.1. The van der Waals surface area contributed by atoms with E-state index in [0.717, 1.165) is 39.0 Å². The Morgan fingerprint density at radius 2 is 2.24 bits per heavy atom. The number of nitrogens with two attached hydrogens (primary N) is 1. The molecule has 5 heteroatoms. The molecule has 2 fully saturated rings. The number of carbonyl (C=O) groups excluding carboxylic acids is 1. The van der Waals surface area contributed by atoms with E-state index in [-0.39, 0.29) is 18.1 Å². The number of rotatable bonds is 2. The van der Waals surface area contributed by atoms with Crippen LogP contribution in [0.1, 0.15) is 19.8 Å². The highest BCUT2D eigenvalue weighted by Crippen LogP contribution is 2.10. The molecule has 0 saturated carbocycles. The van der Waals surface area contributed by atoms with Gasteiger partial charge in [0.1, 0.15) is 0 Å². The maximum absolute atomic E-state index is 12.1. The quantitative estimate of drug-likeness (QED) is 0.718. The van der Waals surface area contributed by atoms with Crippen molar-refractivity contribution in [3.05, 3.63) is 0 Å². The summed E-state index contributed by atoms with van der Waals surface area (Å²) in [5, 5.41) is 0. The average molecular weight is 241 g/mol. The van der Waals surface area contributed by atoms with Crippen molar-refractivity contribution in [2.75, 3.05) is 39.3 Å². The number of ether oxygens (including phenoxy) is 1. The first-order valence-electron chi connectivity index (χ1n) is 6.52. The van der Waals surface area contributed by atoms with Crippen molar-refractivity contribution in [1.82, 2.24) is 9.80 Å². The van der Waals surface area contributed by atoms with E-state index in [1.165, 1.54) is 0 Å². The summed E-state index contributed by atoms with van der Waals surface area (Å²) in [6, 6.07) is 0.236. The lowest BCUT2D eigenvalue weighted by Gasteiger charge is -2.35. The first kappa shape index (κ1) is 12.8. The van der Waals surface area contributed by atoms with Gasteiger partial charge in [0.2, 0.25) is 5.91 Å². The molecule has 2 unspecified atom stereocenters. The minimum Gasteiger partial charge on any atom is -0.375 e. The molecule has 2 heterocycles. The summed E-state index contributed by atoms with van der Waals surface area (Å²) in [7, 11) is 0. The van der Waals surface area contributed by atoms with Crippen molar-refractivity contribution < 1.29 is 9.53 Å². The molecule has 1 amide bonds. The molecule has 2 N–H and O–H groups in total. The van der Waals surface area contributed by atoms with Gasteiger partial charge in [-0.3, -0.25) is 9.69 Å². The second-order valence-electron chi connectivity index (χ2n) is 5.16. The molecule has 2 aliphatic rings. The van der Waals surface area contributed by atoms with E-state index in [0.29, 0.717) is 13.2 Å². The largest absolute Gasteiger partial charge is 0.375 e. The Hall–Kier alpha value is -0.650. The molecule has 0 aromatic heterocycles. The number of morpholine rings is 1. The summed E-state index contributed by atoms with van der Waals surface area (Å²) < 4.78 is 5.44. The Balaban J connectivity index is 1.79. The fourth-order valence-electron chi connectivity index (χ4n) is 2.57. The van der Waals surface area contributed by atoms with Crippen LogP contribution in [-0.2, 0) is 9.53 Å². The van der Waals surface area contributed by atoms with Gasteiger partial charge in [0.25, 0.3) is 0 Å². The maximum Gasteiger partial charge on any atom is 0.236 e. The number of amides is 1. The molecule has 0 aliphatic carbocycles. The van der Waals surface area contributed by atoms with Crippen LogP contribution in [0.4, 0.5) is 0 Å².